The molecule has 1 heterocycles. The summed E-state index contributed by atoms with van der Waals surface area (Å²) in [6.45, 7) is 10.5. The summed E-state index contributed by atoms with van der Waals surface area (Å²) in [6, 6.07) is 6.91. The lowest BCUT2D eigenvalue weighted by Gasteiger charge is -2.22. The van der Waals surface area contributed by atoms with Crippen molar-refractivity contribution in [2.45, 2.75) is 46.6 Å². The Hall–Kier alpha value is -2.94. The van der Waals surface area contributed by atoms with Gasteiger partial charge in [-0.05, 0) is 41.5 Å². The van der Waals surface area contributed by atoms with E-state index >= 15 is 0 Å². The van der Waals surface area contributed by atoms with E-state index in [0.29, 0.717) is 0 Å². The van der Waals surface area contributed by atoms with E-state index in [2.05, 4.69) is 32.9 Å². The highest BCUT2D eigenvalue weighted by Crippen LogP contribution is 2.27. The Bertz CT molecular complexity index is 921. The molecule has 2 rings (SSSR count). The third-order valence-corrected chi connectivity index (χ3v) is 4.29. The SMILES string of the molecule is Cc1cc(C(C)(C)C)cc(C)c1Cn1cc([N+](=O)[O-])cc(C#N)c1=O. The van der Waals surface area contributed by atoms with Gasteiger partial charge in [0, 0.05) is 6.07 Å². The number of hydrogen-bond acceptors (Lipinski definition) is 4. The van der Waals surface area contributed by atoms with Crippen molar-refractivity contribution in [1.29, 1.82) is 5.26 Å². The van der Waals surface area contributed by atoms with Crippen LogP contribution < -0.4 is 5.56 Å². The van der Waals surface area contributed by atoms with Crippen molar-refractivity contribution in [3.63, 3.8) is 0 Å². The summed E-state index contributed by atoms with van der Waals surface area (Å²) < 4.78 is 1.24. The lowest BCUT2D eigenvalue weighted by Crippen LogP contribution is -2.24. The molecule has 0 unspecified atom stereocenters. The van der Waals surface area contributed by atoms with Gasteiger partial charge in [-0.15, -0.1) is 0 Å². The van der Waals surface area contributed by atoms with Crippen molar-refractivity contribution < 1.29 is 4.92 Å². The average Bonchev–Trinajstić information content (AvgIpc) is 2.50. The topological polar surface area (TPSA) is 88.9 Å². The van der Waals surface area contributed by atoms with Crippen molar-refractivity contribution in [3.05, 3.63) is 72.7 Å². The summed E-state index contributed by atoms with van der Waals surface area (Å²) in [7, 11) is 0. The first-order valence-corrected chi connectivity index (χ1v) is 7.94. The molecule has 2 aromatic rings. The van der Waals surface area contributed by atoms with Gasteiger partial charge in [0.25, 0.3) is 11.2 Å². The first-order chi connectivity index (χ1) is 11.5. The predicted octanol–water partition coefficient (Wildman–Crippen LogP) is 3.59. The third-order valence-electron chi connectivity index (χ3n) is 4.29. The van der Waals surface area contributed by atoms with Crippen LogP contribution in [0.2, 0.25) is 0 Å². The van der Waals surface area contributed by atoms with E-state index in [-0.39, 0.29) is 23.2 Å². The van der Waals surface area contributed by atoms with Gasteiger partial charge in [0.15, 0.2) is 0 Å². The molecule has 0 amide bonds. The van der Waals surface area contributed by atoms with Crippen molar-refractivity contribution in [3.8, 4) is 6.07 Å². The number of aryl methyl sites for hydroxylation is 2. The first kappa shape index (κ1) is 18.4. The molecule has 0 saturated heterocycles. The zero-order chi connectivity index (χ0) is 18.9. The number of aromatic nitrogens is 1. The minimum atomic E-state index is -0.598. The molecule has 0 aliphatic heterocycles. The van der Waals surface area contributed by atoms with Crippen LogP contribution >= 0.6 is 0 Å². The van der Waals surface area contributed by atoms with Gasteiger partial charge in [0.2, 0.25) is 0 Å². The number of hydrogen-bond donors (Lipinski definition) is 0. The second-order valence-corrected chi connectivity index (χ2v) is 7.25. The fraction of sp³-hybridized carbons (Fsp3) is 0.368. The van der Waals surface area contributed by atoms with E-state index in [1.807, 2.05) is 13.8 Å². The van der Waals surface area contributed by atoms with Crippen LogP contribution in [0.1, 0.15) is 48.6 Å². The molecular formula is C19H21N3O3. The highest BCUT2D eigenvalue weighted by Gasteiger charge is 2.18. The molecule has 25 heavy (non-hydrogen) atoms. The van der Waals surface area contributed by atoms with Crippen LogP contribution in [-0.4, -0.2) is 9.49 Å². The number of nitro groups is 1. The maximum absolute atomic E-state index is 12.3. The molecule has 0 N–H and O–H groups in total. The van der Waals surface area contributed by atoms with Gasteiger partial charge in [-0.25, -0.2) is 0 Å². The number of nitriles is 1. The van der Waals surface area contributed by atoms with Crippen molar-refractivity contribution in [1.82, 2.24) is 4.57 Å². The van der Waals surface area contributed by atoms with E-state index in [1.54, 1.807) is 6.07 Å². The molecule has 0 fully saturated rings. The van der Waals surface area contributed by atoms with E-state index < -0.39 is 10.5 Å². The summed E-state index contributed by atoms with van der Waals surface area (Å²) in [5.41, 5.74) is 3.14. The molecular weight excluding hydrogens is 318 g/mol. The normalized spacial score (nSPS) is 11.2. The molecule has 0 aliphatic carbocycles. The fourth-order valence-electron chi connectivity index (χ4n) is 2.76. The Morgan fingerprint density at radius 2 is 1.76 bits per heavy atom. The minimum Gasteiger partial charge on any atom is -0.303 e. The molecule has 6 nitrogen and oxygen atoms in total. The number of rotatable bonds is 3. The average molecular weight is 339 g/mol. The minimum absolute atomic E-state index is 0.00436. The first-order valence-electron chi connectivity index (χ1n) is 7.94. The highest BCUT2D eigenvalue weighted by atomic mass is 16.6. The summed E-state index contributed by atoms with van der Waals surface area (Å²) in [4.78, 5) is 22.8. The van der Waals surface area contributed by atoms with Crippen LogP contribution in [0.15, 0.2) is 29.2 Å². The van der Waals surface area contributed by atoms with Gasteiger partial charge >= 0.3 is 0 Å². The van der Waals surface area contributed by atoms with Crippen LogP contribution in [0.25, 0.3) is 0 Å². The molecule has 0 bridgehead atoms. The van der Waals surface area contributed by atoms with E-state index in [4.69, 9.17) is 5.26 Å². The molecule has 0 aliphatic rings. The zero-order valence-corrected chi connectivity index (χ0v) is 15.1. The van der Waals surface area contributed by atoms with Gasteiger partial charge in [-0.3, -0.25) is 14.9 Å². The van der Waals surface area contributed by atoms with Crippen LogP contribution in [0.4, 0.5) is 5.69 Å². The molecule has 6 heteroatoms. The summed E-state index contributed by atoms with van der Waals surface area (Å²) in [5, 5.41) is 20.1. The Labute approximate surface area is 146 Å². The fourth-order valence-corrected chi connectivity index (χ4v) is 2.76. The Morgan fingerprint density at radius 3 is 2.20 bits per heavy atom. The third kappa shape index (κ3) is 3.77. The summed E-state index contributed by atoms with van der Waals surface area (Å²) in [5.74, 6) is 0. The van der Waals surface area contributed by atoms with E-state index in [0.717, 1.165) is 22.8 Å². The molecule has 0 atom stereocenters. The number of nitrogens with zero attached hydrogens (tertiary/aromatic N) is 3. The maximum Gasteiger partial charge on any atom is 0.287 e. The molecule has 0 spiro atoms. The smallest absolute Gasteiger partial charge is 0.287 e. The Balaban J connectivity index is 2.58. The van der Waals surface area contributed by atoms with Crippen LogP contribution in [0, 0.1) is 35.3 Å². The largest absolute Gasteiger partial charge is 0.303 e. The molecule has 130 valence electrons. The van der Waals surface area contributed by atoms with Gasteiger partial charge in [0.05, 0.1) is 17.7 Å². The van der Waals surface area contributed by atoms with Crippen molar-refractivity contribution >= 4 is 5.69 Å². The molecule has 1 aromatic carbocycles. The molecule has 0 saturated carbocycles. The lowest BCUT2D eigenvalue weighted by molar-refractivity contribution is -0.385. The van der Waals surface area contributed by atoms with Gasteiger partial charge in [0.1, 0.15) is 11.6 Å². The zero-order valence-electron chi connectivity index (χ0n) is 15.1. The summed E-state index contributed by atoms with van der Waals surface area (Å²) >= 11 is 0. The van der Waals surface area contributed by atoms with Crippen LogP contribution in [0.3, 0.4) is 0 Å². The second-order valence-electron chi connectivity index (χ2n) is 7.25. The number of pyridine rings is 1. The highest BCUT2D eigenvalue weighted by molar-refractivity contribution is 5.42. The van der Waals surface area contributed by atoms with Crippen LogP contribution in [0.5, 0.6) is 0 Å². The second kappa shape index (κ2) is 6.52. The van der Waals surface area contributed by atoms with Crippen LogP contribution in [-0.2, 0) is 12.0 Å². The van der Waals surface area contributed by atoms with Crippen molar-refractivity contribution in [2.24, 2.45) is 0 Å². The standard InChI is InChI=1S/C19H21N3O3/c1-12-6-15(19(3,4)5)7-13(2)17(12)11-21-10-16(22(24)25)8-14(9-20)18(21)23/h6-8,10H,11H2,1-5H3. The van der Waals surface area contributed by atoms with Crippen molar-refractivity contribution in [2.75, 3.05) is 0 Å². The van der Waals surface area contributed by atoms with Gasteiger partial charge in [-0.1, -0.05) is 32.9 Å². The molecule has 1 aromatic heterocycles. The number of benzene rings is 1. The Kier molecular flexibility index (Phi) is 4.80. The maximum atomic E-state index is 12.3. The quantitative estimate of drug-likeness (QED) is 0.631. The van der Waals surface area contributed by atoms with Gasteiger partial charge in [-0.2, -0.15) is 5.26 Å². The molecule has 0 radical (unpaired) electrons. The monoisotopic (exact) mass is 339 g/mol. The summed E-state index contributed by atoms with van der Waals surface area (Å²) in [6.07, 6.45) is 1.19. The predicted molar refractivity (Wildman–Crippen MR) is 95.8 cm³/mol. The van der Waals surface area contributed by atoms with E-state index in [1.165, 1.54) is 16.3 Å². The Morgan fingerprint density at radius 1 is 1.20 bits per heavy atom. The van der Waals surface area contributed by atoms with Gasteiger partial charge < -0.3 is 4.57 Å². The van der Waals surface area contributed by atoms with E-state index in [9.17, 15) is 14.9 Å². The lowest BCUT2D eigenvalue weighted by atomic mass is 9.84.